The zero-order valence-electron chi connectivity index (χ0n) is 18.3. The molecule has 3 atom stereocenters. The van der Waals surface area contributed by atoms with Gasteiger partial charge in [-0.15, -0.1) is 0 Å². The molecule has 8 heteroatoms. The summed E-state index contributed by atoms with van der Waals surface area (Å²) in [6.07, 6.45) is -0.977. The number of nitrogens with zero attached hydrogens (tertiary/aromatic N) is 1. The molecule has 0 N–H and O–H groups in total. The van der Waals surface area contributed by atoms with Crippen LogP contribution in [0.25, 0.3) is 0 Å². The Morgan fingerprint density at radius 2 is 1.46 bits per heavy atom. The van der Waals surface area contributed by atoms with E-state index in [9.17, 15) is 19.2 Å². The minimum Gasteiger partial charge on any atom is -0.349 e. The topological polar surface area (TPSA) is 80.8 Å². The van der Waals surface area contributed by atoms with Crippen molar-refractivity contribution in [3.05, 3.63) is 99.0 Å². The minimum absolute atomic E-state index is 0.105. The number of carbonyl (C=O) groups excluding carboxylic acids is 4. The highest BCUT2D eigenvalue weighted by Gasteiger charge is 2.74. The molecule has 0 radical (unpaired) electrons. The third-order valence-electron chi connectivity index (χ3n) is 7.08. The molecule has 1 spiro atoms. The maximum absolute atomic E-state index is 13.9. The number of amides is 2. The molecule has 2 fully saturated rings. The molecule has 2 amide bonds. The van der Waals surface area contributed by atoms with E-state index in [0.717, 1.165) is 10.5 Å². The van der Waals surface area contributed by atoms with Crippen LogP contribution in [0, 0.1) is 18.8 Å². The first-order chi connectivity index (χ1) is 16.8. The van der Waals surface area contributed by atoms with Crippen molar-refractivity contribution in [3.8, 4) is 0 Å². The number of carbonyl (C=O) groups is 4. The van der Waals surface area contributed by atoms with Crippen LogP contribution in [0.1, 0.15) is 37.9 Å². The second kappa shape index (κ2) is 7.59. The van der Waals surface area contributed by atoms with Gasteiger partial charge in [0.25, 0.3) is 0 Å². The van der Waals surface area contributed by atoms with E-state index in [2.05, 4.69) is 0 Å². The van der Waals surface area contributed by atoms with Crippen LogP contribution in [-0.4, -0.2) is 29.0 Å². The number of anilines is 1. The van der Waals surface area contributed by atoms with E-state index >= 15 is 0 Å². The Bertz CT molecular complexity index is 1430. The van der Waals surface area contributed by atoms with Gasteiger partial charge in [0.05, 0.1) is 28.6 Å². The first-order valence-corrected chi connectivity index (χ1v) is 11.8. The molecule has 3 aromatic carbocycles. The Hall–Kier alpha value is -3.32. The van der Waals surface area contributed by atoms with Crippen molar-refractivity contribution in [2.75, 3.05) is 4.90 Å². The van der Waals surface area contributed by atoms with Crippen molar-refractivity contribution in [3.63, 3.8) is 0 Å². The standard InChI is InChI=1S/C27H17Cl2NO5/c1-13-6-8-14(9-7-13)22-20-21(26(34)30(25(20)33)19-11-10-15(28)12-18(19)29)27(35-22)23(31)16-4-2-3-5-17(16)24(27)32/h2-12,20-22H,1H3/t20-,21+,22-/m0/s1. The normalized spacial score (nSPS) is 24.4. The van der Waals surface area contributed by atoms with E-state index in [4.69, 9.17) is 27.9 Å². The average molecular weight is 506 g/mol. The number of hydrogen-bond acceptors (Lipinski definition) is 5. The van der Waals surface area contributed by atoms with Crippen molar-refractivity contribution in [2.45, 2.75) is 18.6 Å². The monoisotopic (exact) mass is 505 g/mol. The molecule has 3 aromatic rings. The van der Waals surface area contributed by atoms with Gasteiger partial charge in [-0.2, -0.15) is 0 Å². The van der Waals surface area contributed by atoms with Gasteiger partial charge >= 0.3 is 0 Å². The highest BCUT2D eigenvalue weighted by molar-refractivity contribution is 6.40. The molecule has 174 valence electrons. The third kappa shape index (κ3) is 2.88. The van der Waals surface area contributed by atoms with E-state index in [0.29, 0.717) is 10.6 Å². The third-order valence-corrected chi connectivity index (χ3v) is 7.61. The summed E-state index contributed by atoms with van der Waals surface area (Å²) in [5.74, 6) is -4.91. The molecule has 35 heavy (non-hydrogen) atoms. The molecular weight excluding hydrogens is 489 g/mol. The Labute approximate surface area is 210 Å². The SMILES string of the molecule is Cc1ccc([C@@H]2OC3(C(=O)c4ccccc4C3=O)[C@H]3C(=O)N(c4ccc(Cl)cc4Cl)C(=O)[C@H]23)cc1. The van der Waals surface area contributed by atoms with Gasteiger partial charge in [0.15, 0.2) is 0 Å². The Kier molecular flexibility index (Phi) is 4.81. The highest BCUT2D eigenvalue weighted by Crippen LogP contribution is 2.58. The van der Waals surface area contributed by atoms with Crippen molar-refractivity contribution >= 4 is 52.3 Å². The second-order valence-corrected chi connectivity index (χ2v) is 9.84. The number of imide groups is 1. The number of aryl methyl sites for hydroxylation is 1. The Balaban J connectivity index is 1.55. The van der Waals surface area contributed by atoms with Crippen molar-refractivity contribution in [1.29, 1.82) is 0 Å². The van der Waals surface area contributed by atoms with Gasteiger partial charge in [-0.1, -0.05) is 77.3 Å². The van der Waals surface area contributed by atoms with E-state index in [1.165, 1.54) is 30.3 Å². The molecule has 0 saturated carbocycles. The highest BCUT2D eigenvalue weighted by atomic mass is 35.5. The zero-order valence-corrected chi connectivity index (χ0v) is 19.8. The van der Waals surface area contributed by atoms with Crippen LogP contribution in [0.3, 0.4) is 0 Å². The quantitative estimate of drug-likeness (QED) is 0.361. The number of benzene rings is 3. The number of halogens is 2. The van der Waals surface area contributed by atoms with Gasteiger partial charge < -0.3 is 4.74 Å². The van der Waals surface area contributed by atoms with Crippen molar-refractivity contribution < 1.29 is 23.9 Å². The zero-order chi connectivity index (χ0) is 24.6. The van der Waals surface area contributed by atoms with Crippen LogP contribution in [-0.2, 0) is 14.3 Å². The van der Waals surface area contributed by atoms with Gasteiger partial charge in [0.2, 0.25) is 29.0 Å². The van der Waals surface area contributed by atoms with Crippen LogP contribution in [0.4, 0.5) is 5.69 Å². The molecule has 0 unspecified atom stereocenters. The maximum Gasteiger partial charge on any atom is 0.241 e. The lowest BCUT2D eigenvalue weighted by Crippen LogP contribution is -2.51. The van der Waals surface area contributed by atoms with Crippen LogP contribution in [0.5, 0.6) is 0 Å². The molecule has 0 aromatic heterocycles. The fourth-order valence-electron chi connectivity index (χ4n) is 5.47. The molecule has 6 rings (SSSR count). The van der Waals surface area contributed by atoms with Gasteiger partial charge in [-0.25, -0.2) is 4.90 Å². The molecule has 2 saturated heterocycles. The van der Waals surface area contributed by atoms with Gasteiger partial charge in [-0.3, -0.25) is 19.2 Å². The summed E-state index contributed by atoms with van der Waals surface area (Å²) in [6.45, 7) is 1.92. The first-order valence-electron chi connectivity index (χ1n) is 11.0. The summed E-state index contributed by atoms with van der Waals surface area (Å²) in [7, 11) is 0. The van der Waals surface area contributed by atoms with E-state index < -0.39 is 46.9 Å². The van der Waals surface area contributed by atoms with Gasteiger partial charge in [0.1, 0.15) is 0 Å². The Morgan fingerprint density at radius 1 is 0.829 bits per heavy atom. The lowest BCUT2D eigenvalue weighted by atomic mass is 9.77. The summed E-state index contributed by atoms with van der Waals surface area (Å²) >= 11 is 12.4. The second-order valence-electron chi connectivity index (χ2n) is 9.00. The number of rotatable bonds is 2. The smallest absolute Gasteiger partial charge is 0.241 e. The summed E-state index contributed by atoms with van der Waals surface area (Å²) in [5.41, 5.74) is -0.0163. The molecule has 3 aliphatic rings. The number of hydrogen-bond donors (Lipinski definition) is 0. The predicted octanol–water partition coefficient (Wildman–Crippen LogP) is 5.00. The lowest BCUT2D eigenvalue weighted by Gasteiger charge is -2.27. The van der Waals surface area contributed by atoms with Gasteiger partial charge in [0, 0.05) is 16.1 Å². The number of fused-ring (bicyclic) bond motifs is 3. The van der Waals surface area contributed by atoms with Crippen LogP contribution >= 0.6 is 23.2 Å². The predicted molar refractivity (Wildman–Crippen MR) is 129 cm³/mol. The van der Waals surface area contributed by atoms with Gasteiger partial charge in [-0.05, 0) is 30.7 Å². The van der Waals surface area contributed by atoms with E-state index in [1.807, 2.05) is 19.1 Å². The lowest BCUT2D eigenvalue weighted by molar-refractivity contribution is -0.127. The summed E-state index contributed by atoms with van der Waals surface area (Å²) in [6, 6.07) is 18.0. The molecule has 2 heterocycles. The Morgan fingerprint density at radius 3 is 2.06 bits per heavy atom. The largest absolute Gasteiger partial charge is 0.349 e. The average Bonchev–Trinajstić information content (AvgIpc) is 3.40. The fourth-order valence-corrected chi connectivity index (χ4v) is 5.97. The van der Waals surface area contributed by atoms with E-state index in [-0.39, 0.29) is 21.8 Å². The molecular formula is C27H17Cl2NO5. The van der Waals surface area contributed by atoms with Crippen molar-refractivity contribution in [2.24, 2.45) is 11.8 Å². The van der Waals surface area contributed by atoms with E-state index in [1.54, 1.807) is 24.3 Å². The van der Waals surface area contributed by atoms with Crippen LogP contribution in [0.15, 0.2) is 66.7 Å². The van der Waals surface area contributed by atoms with Crippen LogP contribution in [0.2, 0.25) is 10.0 Å². The minimum atomic E-state index is -2.12. The molecule has 2 aliphatic heterocycles. The summed E-state index contributed by atoms with van der Waals surface area (Å²) in [4.78, 5) is 56.2. The number of Topliss-reactive ketones (excluding diaryl/α,β-unsaturated/α-hetero) is 2. The maximum atomic E-state index is 13.9. The van der Waals surface area contributed by atoms with Crippen LogP contribution < -0.4 is 4.90 Å². The number of ketones is 2. The summed E-state index contributed by atoms with van der Waals surface area (Å²) < 4.78 is 6.26. The number of ether oxygens (including phenoxy) is 1. The fraction of sp³-hybridized carbons (Fsp3) is 0.185. The van der Waals surface area contributed by atoms with Crippen molar-refractivity contribution in [1.82, 2.24) is 0 Å². The first kappa shape index (κ1) is 22.2. The molecule has 1 aliphatic carbocycles. The summed E-state index contributed by atoms with van der Waals surface area (Å²) in [5, 5.41) is 0.445. The molecule has 6 nitrogen and oxygen atoms in total. The molecule has 0 bridgehead atoms.